The number of hydrogen-bond acceptors (Lipinski definition) is 15. The predicted molar refractivity (Wildman–Crippen MR) is 236 cm³/mol. The predicted octanol–water partition coefficient (Wildman–Crippen LogP) is 7.49. The Kier molecular flexibility index (Phi) is 19.2. The van der Waals surface area contributed by atoms with E-state index in [-0.39, 0.29) is 71.1 Å². The third-order valence-electron chi connectivity index (χ3n) is 9.52. The lowest BCUT2D eigenvalue weighted by atomic mass is 9.96. The van der Waals surface area contributed by atoms with Gasteiger partial charge in [-0.1, -0.05) is 87.7 Å². The maximum Gasteiger partial charge on any atom is 0.330 e. The fourth-order valence-corrected chi connectivity index (χ4v) is 5.95. The molecule has 4 rings (SSSR count). The van der Waals surface area contributed by atoms with E-state index in [0.717, 1.165) is 34.4 Å². The number of benzene rings is 4. The van der Waals surface area contributed by atoms with Gasteiger partial charge in [-0.05, 0) is 46.5 Å². The Morgan fingerprint density at radius 1 is 0.477 bits per heavy atom. The summed E-state index contributed by atoms with van der Waals surface area (Å²) >= 11 is 0. The molecule has 0 saturated carbocycles. The minimum atomic E-state index is -0.639. The minimum Gasteiger partial charge on any atom is -0.496 e. The summed E-state index contributed by atoms with van der Waals surface area (Å²) in [5, 5.41) is 0. The number of rotatable bonds is 25. The molecule has 0 N–H and O–H groups in total. The van der Waals surface area contributed by atoms with Crippen LogP contribution in [0.4, 0.5) is 0 Å². The molecule has 0 heterocycles. The Labute approximate surface area is 377 Å². The number of esters is 6. The summed E-state index contributed by atoms with van der Waals surface area (Å²) in [7, 11) is 3.00. The Balaban J connectivity index is 1.30. The highest BCUT2D eigenvalue weighted by Gasteiger charge is 2.23. The third-order valence-corrected chi connectivity index (χ3v) is 9.52. The molecule has 0 aliphatic heterocycles. The van der Waals surface area contributed by atoms with Gasteiger partial charge in [-0.3, -0.25) is 24.0 Å². The quantitative estimate of drug-likeness (QED) is 0.0209. The van der Waals surface area contributed by atoms with Gasteiger partial charge >= 0.3 is 35.8 Å². The molecule has 0 fully saturated rings. The molecule has 4 aromatic carbocycles. The highest BCUT2D eigenvalue weighted by molar-refractivity contribution is 6.09. The number of methoxy groups -OCH3 is 2. The van der Waals surface area contributed by atoms with Crippen molar-refractivity contribution < 1.29 is 71.5 Å². The van der Waals surface area contributed by atoms with E-state index >= 15 is 0 Å². The zero-order valence-corrected chi connectivity index (χ0v) is 36.8. The monoisotopic (exact) mass is 892 g/mol. The van der Waals surface area contributed by atoms with E-state index in [2.05, 4.69) is 13.2 Å². The smallest absolute Gasteiger partial charge is 0.330 e. The van der Waals surface area contributed by atoms with E-state index in [1.165, 1.54) is 14.2 Å². The fraction of sp³-hybridized carbons (Fsp3) is 0.300. The average Bonchev–Trinajstić information content (AvgIpc) is 3.33. The maximum atomic E-state index is 13.5. The van der Waals surface area contributed by atoms with Gasteiger partial charge in [-0.2, -0.15) is 0 Å². The molecule has 15 nitrogen and oxygen atoms in total. The number of ketones is 1. The van der Waals surface area contributed by atoms with E-state index in [9.17, 15) is 33.6 Å². The maximum absolute atomic E-state index is 13.5. The second kappa shape index (κ2) is 24.9. The van der Waals surface area contributed by atoms with Crippen molar-refractivity contribution in [1.29, 1.82) is 0 Å². The van der Waals surface area contributed by atoms with Crippen LogP contribution in [0.2, 0.25) is 0 Å². The largest absolute Gasteiger partial charge is 0.496 e. The van der Waals surface area contributed by atoms with Gasteiger partial charge in [-0.15, -0.1) is 0 Å². The molecule has 0 atom stereocenters. The molecule has 0 unspecified atom stereocenters. The molecule has 4 aromatic rings. The van der Waals surface area contributed by atoms with Crippen LogP contribution in [-0.4, -0.2) is 82.2 Å². The Hall–Kier alpha value is -7.55. The van der Waals surface area contributed by atoms with Crippen LogP contribution >= 0.6 is 0 Å². The van der Waals surface area contributed by atoms with Crippen LogP contribution in [0.3, 0.4) is 0 Å². The molecule has 0 aliphatic carbocycles. The molecule has 15 heteroatoms. The lowest BCUT2D eigenvalue weighted by Crippen LogP contribution is -2.28. The van der Waals surface area contributed by atoms with E-state index in [1.54, 1.807) is 50.2 Å². The van der Waals surface area contributed by atoms with Crippen molar-refractivity contribution in [2.24, 2.45) is 5.41 Å². The lowest BCUT2D eigenvalue weighted by molar-refractivity contribution is -0.154. The van der Waals surface area contributed by atoms with E-state index in [1.807, 2.05) is 48.5 Å². The Bertz CT molecular complexity index is 2340. The van der Waals surface area contributed by atoms with Crippen LogP contribution in [0.25, 0.3) is 22.3 Å². The van der Waals surface area contributed by atoms with Crippen LogP contribution < -0.4 is 9.47 Å². The molecule has 0 aromatic heterocycles. The normalized spacial score (nSPS) is 10.7. The van der Waals surface area contributed by atoms with Crippen molar-refractivity contribution in [3.05, 3.63) is 132 Å². The van der Waals surface area contributed by atoms with E-state index in [4.69, 9.17) is 37.9 Å². The highest BCUT2D eigenvalue weighted by atomic mass is 16.6. The van der Waals surface area contributed by atoms with Crippen molar-refractivity contribution >= 4 is 41.6 Å². The van der Waals surface area contributed by atoms with Crippen LogP contribution in [0.15, 0.2) is 110 Å². The molecule has 0 saturated heterocycles. The van der Waals surface area contributed by atoms with Crippen molar-refractivity contribution in [2.75, 3.05) is 40.6 Å². The van der Waals surface area contributed by atoms with Crippen molar-refractivity contribution in [3.8, 4) is 33.8 Å². The van der Waals surface area contributed by atoms with Crippen molar-refractivity contribution in [2.45, 2.75) is 52.7 Å². The summed E-state index contributed by atoms with van der Waals surface area (Å²) in [5.41, 5.74) is 4.69. The van der Waals surface area contributed by atoms with Gasteiger partial charge in [0.25, 0.3) is 0 Å². The van der Waals surface area contributed by atoms with Gasteiger partial charge in [0.2, 0.25) is 0 Å². The van der Waals surface area contributed by atoms with E-state index < -0.39 is 41.2 Å². The Morgan fingerprint density at radius 2 is 0.846 bits per heavy atom. The first-order chi connectivity index (χ1) is 31.1. The van der Waals surface area contributed by atoms with E-state index in [0.29, 0.717) is 33.8 Å². The van der Waals surface area contributed by atoms with Crippen LogP contribution in [-0.2, 0) is 70.4 Å². The van der Waals surface area contributed by atoms with Gasteiger partial charge in [0.15, 0.2) is 5.78 Å². The van der Waals surface area contributed by atoms with Crippen LogP contribution in [0.1, 0.15) is 66.6 Å². The van der Waals surface area contributed by atoms with Crippen molar-refractivity contribution in [1.82, 2.24) is 0 Å². The number of hydrogen-bond donors (Lipinski definition) is 0. The van der Waals surface area contributed by atoms with Gasteiger partial charge in [0.05, 0.1) is 53.1 Å². The minimum absolute atomic E-state index is 0.0102. The molecular weight excluding hydrogens is 841 g/mol. The molecule has 65 heavy (non-hydrogen) atoms. The summed E-state index contributed by atoms with van der Waals surface area (Å²) in [5.74, 6) is -2.84. The fourth-order valence-electron chi connectivity index (χ4n) is 5.95. The van der Waals surface area contributed by atoms with Crippen LogP contribution in [0.5, 0.6) is 11.5 Å². The Morgan fingerprint density at radius 3 is 1.28 bits per heavy atom. The summed E-state index contributed by atoms with van der Waals surface area (Å²) in [4.78, 5) is 85.1. The second-order valence-electron chi connectivity index (χ2n) is 15.1. The summed E-state index contributed by atoms with van der Waals surface area (Å²) in [6.07, 6.45) is 1.24. The molecule has 0 spiro atoms. The number of carbonyl (C=O) groups excluding carboxylic acids is 7. The number of ether oxygens (including phenoxy) is 8. The SMILES string of the molecule is C=CC(=O)OCCOC(=O)CCC(=O)OCc1cc(-c2ccc(C(=O)c3ccc(-c4ccc(OC)c(COC(=O)CCC(=O)OCC(C)(C)COC(=O)C=C)c4)cc3)cc2)ccc1OC. The zero-order chi connectivity index (χ0) is 47.4. The van der Waals surface area contributed by atoms with Crippen molar-refractivity contribution in [3.63, 3.8) is 0 Å². The topological polar surface area (TPSA) is 193 Å². The molecule has 342 valence electrons. The molecule has 0 radical (unpaired) electrons. The first kappa shape index (κ1) is 50.1. The van der Waals surface area contributed by atoms with Gasteiger partial charge < -0.3 is 37.9 Å². The second-order valence-corrected chi connectivity index (χ2v) is 15.1. The summed E-state index contributed by atoms with van der Waals surface area (Å²) in [6, 6.07) is 25.0. The average molecular weight is 893 g/mol. The zero-order valence-electron chi connectivity index (χ0n) is 36.8. The summed E-state index contributed by atoms with van der Waals surface area (Å²) < 4.78 is 41.8. The lowest BCUT2D eigenvalue weighted by Gasteiger charge is -2.23. The van der Waals surface area contributed by atoms with Gasteiger partial charge in [-0.25, -0.2) is 9.59 Å². The number of carbonyl (C=O) groups is 7. The first-order valence-electron chi connectivity index (χ1n) is 20.5. The third kappa shape index (κ3) is 16.3. The van der Waals surface area contributed by atoms with Gasteiger partial charge in [0, 0.05) is 39.8 Å². The van der Waals surface area contributed by atoms with Gasteiger partial charge in [0.1, 0.15) is 37.9 Å². The highest BCUT2D eigenvalue weighted by Crippen LogP contribution is 2.30. The molecule has 0 amide bonds. The molecular formula is C50H52O15. The first-order valence-corrected chi connectivity index (χ1v) is 20.5. The molecule has 0 aliphatic rings. The molecule has 0 bridgehead atoms. The standard InChI is InChI=1S/C50H52O15/c1-7-43(51)60-25-26-61-45(53)21-22-46(54)62-29-39-27-37(17-19-41(39)58-5)33-9-13-35(14-10-33)49(57)36-15-11-34(12-16-36)38-18-20-42(59-6)40(28-38)30-63-47(55)23-24-48(56)65-32-50(3,4)31-64-44(52)8-2/h7-20,27-28H,1-2,21-26,29-32H2,3-6H3. The summed E-state index contributed by atoms with van der Waals surface area (Å²) in [6.45, 7) is 9.68. The van der Waals surface area contributed by atoms with Crippen LogP contribution in [0, 0.1) is 5.41 Å².